The molecule has 3 aromatic rings. The summed E-state index contributed by atoms with van der Waals surface area (Å²) in [5.41, 5.74) is 1.56. The first-order valence-electron chi connectivity index (χ1n) is 14.5. The molecule has 0 bridgehead atoms. The fourth-order valence-corrected chi connectivity index (χ4v) is 5.06. The van der Waals surface area contributed by atoms with Gasteiger partial charge < -0.3 is 49.8 Å². The van der Waals surface area contributed by atoms with Gasteiger partial charge >= 0.3 is 12.1 Å². The Labute approximate surface area is 261 Å². The van der Waals surface area contributed by atoms with Crippen LogP contribution in [0.1, 0.15) is 24.2 Å². The van der Waals surface area contributed by atoms with Gasteiger partial charge in [-0.05, 0) is 55.5 Å². The van der Waals surface area contributed by atoms with Crippen molar-refractivity contribution in [1.29, 1.82) is 0 Å². The van der Waals surface area contributed by atoms with E-state index in [0.717, 1.165) is 0 Å². The molecule has 45 heavy (non-hydrogen) atoms. The highest BCUT2D eigenvalue weighted by atomic mass is 16.7. The van der Waals surface area contributed by atoms with Gasteiger partial charge in [-0.15, -0.1) is 0 Å². The van der Waals surface area contributed by atoms with E-state index in [-0.39, 0.29) is 61.3 Å². The van der Waals surface area contributed by atoms with Crippen molar-refractivity contribution in [1.82, 2.24) is 9.80 Å². The number of nitrogens with one attached hydrogen (secondary N) is 3. The van der Waals surface area contributed by atoms with Crippen molar-refractivity contribution in [3.63, 3.8) is 0 Å². The van der Waals surface area contributed by atoms with Crippen LogP contribution in [-0.2, 0) is 0 Å². The number of amides is 5. The van der Waals surface area contributed by atoms with E-state index in [2.05, 4.69) is 16.0 Å². The molecule has 13 nitrogen and oxygen atoms in total. The summed E-state index contributed by atoms with van der Waals surface area (Å²) in [5.74, 6) is 1.33. The van der Waals surface area contributed by atoms with Crippen LogP contribution in [0.3, 0.4) is 0 Å². The molecule has 0 unspecified atom stereocenters. The van der Waals surface area contributed by atoms with E-state index in [0.29, 0.717) is 28.6 Å². The second-order valence-corrected chi connectivity index (χ2v) is 11.0. The molecule has 238 valence electrons. The Kier molecular flexibility index (Phi) is 9.48. The zero-order chi connectivity index (χ0) is 32.1. The largest absolute Gasteiger partial charge is 0.497 e. The number of para-hydroxylation sites is 1. The maximum atomic E-state index is 13.8. The van der Waals surface area contributed by atoms with E-state index in [9.17, 15) is 19.5 Å². The molecule has 0 saturated heterocycles. The number of methoxy groups -OCH3 is 1. The van der Waals surface area contributed by atoms with Gasteiger partial charge in [-0.25, -0.2) is 9.59 Å². The van der Waals surface area contributed by atoms with Gasteiger partial charge in [0.15, 0.2) is 17.2 Å². The van der Waals surface area contributed by atoms with E-state index >= 15 is 0 Å². The number of aliphatic hydroxyl groups excluding tert-OH is 1. The summed E-state index contributed by atoms with van der Waals surface area (Å²) in [4.78, 5) is 43.1. The van der Waals surface area contributed by atoms with Crippen molar-refractivity contribution in [2.75, 3.05) is 56.6 Å². The molecule has 0 radical (unpaired) electrons. The number of anilines is 3. The zero-order valence-electron chi connectivity index (χ0n) is 25.5. The number of hydrogen-bond acceptors (Lipinski definition) is 8. The number of likely N-dealkylation sites (N-methyl/N-ethyl adjacent to an activating group) is 1. The van der Waals surface area contributed by atoms with E-state index in [1.165, 1.54) is 4.90 Å². The fourth-order valence-electron chi connectivity index (χ4n) is 5.06. The number of urea groups is 2. The van der Waals surface area contributed by atoms with Crippen molar-refractivity contribution in [2.24, 2.45) is 5.92 Å². The molecule has 0 fully saturated rings. The smallest absolute Gasteiger partial charge is 0.323 e. The minimum atomic E-state index is -0.586. The zero-order valence-corrected chi connectivity index (χ0v) is 25.5. The SMILES string of the molecule is COc1ccc(NC(=O)N(C)C[C@@H]2Oc3c(NC(=O)Nc4ccc5c(c4)OCO5)cccc3C(=O)N([C@@H](C)CO)C[C@H]2C)cc1. The molecule has 3 atom stereocenters. The Morgan fingerprint density at radius 2 is 1.78 bits per heavy atom. The third-order valence-electron chi connectivity index (χ3n) is 7.71. The van der Waals surface area contributed by atoms with Gasteiger partial charge in [-0.3, -0.25) is 4.79 Å². The van der Waals surface area contributed by atoms with Crippen LogP contribution in [0.2, 0.25) is 0 Å². The van der Waals surface area contributed by atoms with E-state index < -0.39 is 18.2 Å². The third-order valence-corrected chi connectivity index (χ3v) is 7.71. The van der Waals surface area contributed by atoms with Crippen LogP contribution in [0.4, 0.5) is 26.7 Å². The van der Waals surface area contributed by atoms with Gasteiger partial charge in [-0.2, -0.15) is 0 Å². The summed E-state index contributed by atoms with van der Waals surface area (Å²) < 4.78 is 22.4. The number of hydrogen-bond donors (Lipinski definition) is 4. The van der Waals surface area contributed by atoms with Crippen LogP contribution in [-0.4, -0.2) is 85.7 Å². The van der Waals surface area contributed by atoms with E-state index in [4.69, 9.17) is 18.9 Å². The molecule has 5 rings (SSSR count). The Balaban J connectivity index is 1.38. The number of ether oxygens (including phenoxy) is 4. The lowest BCUT2D eigenvalue weighted by Gasteiger charge is -2.38. The van der Waals surface area contributed by atoms with Crippen LogP contribution in [0.15, 0.2) is 60.7 Å². The summed E-state index contributed by atoms with van der Waals surface area (Å²) in [6.45, 7) is 3.99. The maximum absolute atomic E-state index is 13.8. The first kappa shape index (κ1) is 31.3. The lowest BCUT2D eigenvalue weighted by Crippen LogP contribution is -2.50. The quantitative estimate of drug-likeness (QED) is 0.289. The Morgan fingerprint density at radius 3 is 2.51 bits per heavy atom. The lowest BCUT2D eigenvalue weighted by atomic mass is 9.99. The normalized spacial score (nSPS) is 17.6. The highest BCUT2D eigenvalue weighted by Crippen LogP contribution is 2.36. The fraction of sp³-hybridized carbons (Fsp3) is 0.344. The van der Waals surface area contributed by atoms with Gasteiger partial charge in [0.1, 0.15) is 11.9 Å². The standard InChI is InChI=1S/C32H37N5O8/c1-19-15-37(20(2)17-38)30(39)24-6-5-7-25(35-31(40)33-22-10-13-26-27(14-22)44-18-43-26)29(24)45-28(19)16-36(3)32(41)34-21-8-11-23(42-4)12-9-21/h5-14,19-20,28,38H,15-18H2,1-4H3,(H,34,41)(H2,33,35,40)/t19-,20+,28+/m1/s1. The van der Waals surface area contributed by atoms with Gasteiger partial charge in [0.2, 0.25) is 6.79 Å². The third kappa shape index (κ3) is 7.15. The van der Waals surface area contributed by atoms with Crippen molar-refractivity contribution in [2.45, 2.75) is 26.0 Å². The van der Waals surface area contributed by atoms with Crippen molar-refractivity contribution < 1.29 is 38.4 Å². The number of rotatable bonds is 8. The Morgan fingerprint density at radius 1 is 1.04 bits per heavy atom. The van der Waals surface area contributed by atoms with E-state index in [1.807, 2.05) is 6.92 Å². The topological polar surface area (TPSA) is 151 Å². The van der Waals surface area contributed by atoms with Gasteiger partial charge in [0.25, 0.3) is 5.91 Å². The second kappa shape index (κ2) is 13.6. The molecular weight excluding hydrogens is 582 g/mol. The minimum Gasteiger partial charge on any atom is -0.497 e. The first-order valence-corrected chi connectivity index (χ1v) is 14.5. The van der Waals surface area contributed by atoms with Crippen LogP contribution in [0.5, 0.6) is 23.0 Å². The number of carbonyl (C=O) groups excluding carboxylic acids is 3. The molecule has 2 aliphatic heterocycles. The average Bonchev–Trinajstić information content (AvgIpc) is 3.51. The van der Waals surface area contributed by atoms with Crippen LogP contribution in [0.25, 0.3) is 0 Å². The predicted octanol–water partition coefficient (Wildman–Crippen LogP) is 4.45. The van der Waals surface area contributed by atoms with Gasteiger partial charge in [0, 0.05) is 37.0 Å². The van der Waals surface area contributed by atoms with Crippen LogP contribution < -0.4 is 34.9 Å². The number of aliphatic hydroxyl groups is 1. The molecule has 3 aromatic carbocycles. The highest BCUT2D eigenvalue weighted by molar-refractivity contribution is 6.04. The van der Waals surface area contributed by atoms with Crippen molar-refractivity contribution >= 4 is 35.0 Å². The molecule has 5 amide bonds. The maximum Gasteiger partial charge on any atom is 0.323 e. The molecular formula is C32H37N5O8. The minimum absolute atomic E-state index is 0.107. The monoisotopic (exact) mass is 619 g/mol. The van der Waals surface area contributed by atoms with Crippen molar-refractivity contribution in [3.8, 4) is 23.0 Å². The van der Waals surface area contributed by atoms with Crippen LogP contribution >= 0.6 is 0 Å². The Hall–Kier alpha value is -5.17. The summed E-state index contributed by atoms with van der Waals surface area (Å²) >= 11 is 0. The molecule has 0 aliphatic carbocycles. The first-order chi connectivity index (χ1) is 21.7. The summed E-state index contributed by atoms with van der Waals surface area (Å²) in [5, 5.41) is 18.4. The van der Waals surface area contributed by atoms with Crippen LogP contribution in [0, 0.1) is 5.92 Å². The summed E-state index contributed by atoms with van der Waals surface area (Å²) in [6, 6.07) is 15.5. The number of carbonyl (C=O) groups is 3. The molecule has 4 N–H and O–H groups in total. The average molecular weight is 620 g/mol. The molecule has 2 aliphatic rings. The van der Waals surface area contributed by atoms with Gasteiger partial charge in [0.05, 0.1) is 37.6 Å². The summed E-state index contributed by atoms with van der Waals surface area (Å²) in [6.07, 6.45) is -0.586. The predicted molar refractivity (Wildman–Crippen MR) is 167 cm³/mol. The summed E-state index contributed by atoms with van der Waals surface area (Å²) in [7, 11) is 3.22. The molecule has 0 saturated carbocycles. The molecule has 13 heteroatoms. The molecule has 0 aromatic heterocycles. The lowest BCUT2D eigenvalue weighted by molar-refractivity contribution is 0.0373. The number of benzene rings is 3. The number of fused-ring (bicyclic) bond motifs is 2. The second-order valence-electron chi connectivity index (χ2n) is 11.0. The molecule has 2 heterocycles. The number of nitrogens with zero attached hydrogens (tertiary/aromatic N) is 2. The molecule has 0 spiro atoms. The van der Waals surface area contributed by atoms with E-state index in [1.54, 1.807) is 86.6 Å². The van der Waals surface area contributed by atoms with Crippen molar-refractivity contribution in [3.05, 3.63) is 66.2 Å². The Bertz CT molecular complexity index is 1550. The highest BCUT2D eigenvalue weighted by Gasteiger charge is 2.35. The van der Waals surface area contributed by atoms with Gasteiger partial charge in [-0.1, -0.05) is 13.0 Å².